The molecule has 0 radical (unpaired) electrons. The van der Waals surface area contributed by atoms with E-state index in [9.17, 15) is 9.90 Å². The first-order chi connectivity index (χ1) is 13.3. The maximum Gasteiger partial charge on any atom is 0.407 e. The van der Waals surface area contributed by atoms with Crippen LogP contribution in [0.1, 0.15) is 32.0 Å². The Morgan fingerprint density at radius 2 is 1.86 bits per heavy atom. The number of carbonyl (C=O) groups is 1. The predicted molar refractivity (Wildman–Crippen MR) is 110 cm³/mol. The maximum absolute atomic E-state index is 12.2. The van der Waals surface area contributed by atoms with Gasteiger partial charge in [-0.25, -0.2) is 4.79 Å². The summed E-state index contributed by atoms with van der Waals surface area (Å²) in [6.07, 6.45) is 1.78. The minimum atomic E-state index is -0.753. The summed E-state index contributed by atoms with van der Waals surface area (Å²) in [6, 6.07) is 15.1. The number of pyridine rings is 1. The summed E-state index contributed by atoms with van der Waals surface area (Å²) in [6.45, 7) is 6.50. The van der Waals surface area contributed by atoms with Crippen molar-refractivity contribution in [1.29, 1.82) is 0 Å². The van der Waals surface area contributed by atoms with E-state index in [1.165, 1.54) is 0 Å². The zero-order valence-electron chi connectivity index (χ0n) is 16.9. The number of nitrogens with zero attached hydrogens (tertiary/aromatic N) is 1. The lowest BCUT2D eigenvalue weighted by molar-refractivity contribution is 0.0423. The van der Waals surface area contributed by atoms with Crippen molar-refractivity contribution < 1.29 is 14.6 Å². The van der Waals surface area contributed by atoms with Crippen molar-refractivity contribution in [1.82, 2.24) is 15.6 Å². The summed E-state index contributed by atoms with van der Waals surface area (Å²) in [5.74, 6) is 0. The van der Waals surface area contributed by atoms with Crippen molar-refractivity contribution in [2.24, 2.45) is 0 Å². The molecule has 1 amide bonds. The maximum atomic E-state index is 12.2. The molecule has 0 saturated heterocycles. The Morgan fingerprint density at radius 1 is 1.14 bits per heavy atom. The number of alkyl carbamates (subject to hydrolysis) is 1. The van der Waals surface area contributed by atoms with E-state index in [0.29, 0.717) is 19.5 Å². The number of benzene rings is 1. The number of ether oxygens (including phenoxy) is 1. The van der Waals surface area contributed by atoms with Gasteiger partial charge >= 0.3 is 6.09 Å². The predicted octanol–water partition coefficient (Wildman–Crippen LogP) is 2.71. The Hall–Kier alpha value is -2.44. The molecule has 2 rings (SSSR count). The van der Waals surface area contributed by atoms with E-state index in [1.54, 1.807) is 6.20 Å². The van der Waals surface area contributed by atoms with Gasteiger partial charge in [-0.15, -0.1) is 0 Å². The first-order valence-corrected chi connectivity index (χ1v) is 9.65. The highest BCUT2D eigenvalue weighted by Gasteiger charge is 2.24. The quantitative estimate of drug-likeness (QED) is 0.578. The Labute approximate surface area is 167 Å². The van der Waals surface area contributed by atoms with Crippen LogP contribution in [-0.4, -0.2) is 47.0 Å². The molecular weight excluding hydrogens is 354 g/mol. The molecule has 0 unspecified atom stereocenters. The molecular formula is C22H31N3O3. The molecule has 0 bridgehead atoms. The highest BCUT2D eigenvalue weighted by Crippen LogP contribution is 2.10. The Kier molecular flexibility index (Phi) is 8.42. The summed E-state index contributed by atoms with van der Waals surface area (Å²) in [7, 11) is 0. The van der Waals surface area contributed by atoms with E-state index in [2.05, 4.69) is 15.6 Å². The van der Waals surface area contributed by atoms with E-state index in [-0.39, 0.29) is 0 Å². The van der Waals surface area contributed by atoms with Gasteiger partial charge in [0.15, 0.2) is 0 Å². The molecule has 6 heteroatoms. The van der Waals surface area contributed by atoms with E-state index in [4.69, 9.17) is 4.74 Å². The van der Waals surface area contributed by atoms with Crippen LogP contribution in [0, 0.1) is 0 Å². The summed E-state index contributed by atoms with van der Waals surface area (Å²) < 4.78 is 5.35. The number of aliphatic hydroxyl groups excluding tert-OH is 1. The third-order valence-electron chi connectivity index (χ3n) is 4.10. The van der Waals surface area contributed by atoms with Crippen molar-refractivity contribution in [2.75, 3.05) is 13.1 Å². The highest BCUT2D eigenvalue weighted by molar-refractivity contribution is 5.68. The number of rotatable bonds is 9. The molecule has 0 aliphatic heterocycles. The third kappa shape index (κ3) is 8.50. The van der Waals surface area contributed by atoms with Crippen molar-refractivity contribution in [2.45, 2.75) is 51.4 Å². The minimum absolute atomic E-state index is 0.361. The zero-order valence-corrected chi connectivity index (χ0v) is 16.9. The molecule has 1 aromatic carbocycles. The van der Waals surface area contributed by atoms with Gasteiger partial charge in [-0.3, -0.25) is 4.98 Å². The van der Waals surface area contributed by atoms with Crippen molar-refractivity contribution >= 4 is 6.09 Å². The van der Waals surface area contributed by atoms with E-state index in [0.717, 1.165) is 17.7 Å². The van der Waals surface area contributed by atoms with Crippen LogP contribution >= 0.6 is 0 Å². The van der Waals surface area contributed by atoms with Gasteiger partial charge in [-0.05, 0) is 44.9 Å². The number of hydrogen-bond donors (Lipinski definition) is 3. The summed E-state index contributed by atoms with van der Waals surface area (Å²) >= 11 is 0. The van der Waals surface area contributed by atoms with E-state index < -0.39 is 23.8 Å². The molecule has 1 heterocycles. The molecule has 28 heavy (non-hydrogen) atoms. The van der Waals surface area contributed by atoms with E-state index >= 15 is 0 Å². The van der Waals surface area contributed by atoms with Crippen LogP contribution in [0.25, 0.3) is 0 Å². The fourth-order valence-corrected chi connectivity index (χ4v) is 2.76. The van der Waals surface area contributed by atoms with Crippen LogP contribution in [0.2, 0.25) is 0 Å². The molecule has 1 aromatic heterocycles. The van der Waals surface area contributed by atoms with Crippen LogP contribution in [-0.2, 0) is 17.6 Å². The summed E-state index contributed by atoms with van der Waals surface area (Å²) in [5.41, 5.74) is 1.45. The molecule has 0 fully saturated rings. The smallest absolute Gasteiger partial charge is 0.407 e. The lowest BCUT2D eigenvalue weighted by atomic mass is 10.0. The molecule has 0 saturated carbocycles. The molecule has 0 aliphatic carbocycles. The fraction of sp³-hybridized carbons (Fsp3) is 0.455. The SMILES string of the molecule is CC(C)(C)OC(=O)N[C@@H](Cc1ccccc1)[C@H](O)CNCCc1ccccn1. The Morgan fingerprint density at radius 3 is 2.50 bits per heavy atom. The Balaban J connectivity index is 1.89. The monoisotopic (exact) mass is 385 g/mol. The second kappa shape index (κ2) is 10.8. The topological polar surface area (TPSA) is 83.5 Å². The molecule has 0 aliphatic rings. The first-order valence-electron chi connectivity index (χ1n) is 9.65. The molecule has 3 N–H and O–H groups in total. The number of aromatic nitrogens is 1. The van der Waals surface area contributed by atoms with Crippen LogP contribution in [0.4, 0.5) is 4.79 Å². The van der Waals surface area contributed by atoms with Gasteiger partial charge < -0.3 is 20.5 Å². The van der Waals surface area contributed by atoms with Gasteiger partial charge in [0.1, 0.15) is 5.60 Å². The van der Waals surface area contributed by atoms with Crippen LogP contribution in [0.15, 0.2) is 54.7 Å². The van der Waals surface area contributed by atoms with Gasteiger partial charge in [-0.2, -0.15) is 0 Å². The van der Waals surface area contributed by atoms with Gasteiger partial charge in [0, 0.05) is 31.4 Å². The average molecular weight is 386 g/mol. The highest BCUT2D eigenvalue weighted by atomic mass is 16.6. The number of nitrogens with one attached hydrogen (secondary N) is 2. The van der Waals surface area contributed by atoms with Gasteiger partial charge in [0.2, 0.25) is 0 Å². The molecule has 2 aromatic rings. The second-order valence-corrected chi connectivity index (χ2v) is 7.78. The standard InChI is InChI=1S/C22H31N3O3/c1-22(2,3)28-21(27)25-19(15-17-9-5-4-6-10-17)20(26)16-23-14-12-18-11-7-8-13-24-18/h4-11,13,19-20,23,26H,12,14-16H2,1-3H3,(H,25,27)/t19-,20+/m0/s1. The normalized spacial score (nSPS) is 13.6. The lowest BCUT2D eigenvalue weighted by Crippen LogP contribution is -2.50. The van der Waals surface area contributed by atoms with Crippen LogP contribution in [0.3, 0.4) is 0 Å². The first kappa shape index (κ1) is 21.9. The lowest BCUT2D eigenvalue weighted by Gasteiger charge is -2.27. The minimum Gasteiger partial charge on any atom is -0.444 e. The van der Waals surface area contributed by atoms with Gasteiger partial charge in [-0.1, -0.05) is 36.4 Å². The van der Waals surface area contributed by atoms with Crippen LogP contribution in [0.5, 0.6) is 0 Å². The van der Waals surface area contributed by atoms with Gasteiger partial charge in [0.25, 0.3) is 0 Å². The van der Waals surface area contributed by atoms with Gasteiger partial charge in [0.05, 0.1) is 12.1 Å². The van der Waals surface area contributed by atoms with Crippen LogP contribution < -0.4 is 10.6 Å². The largest absolute Gasteiger partial charge is 0.444 e. The zero-order chi connectivity index (χ0) is 20.4. The van der Waals surface area contributed by atoms with E-state index in [1.807, 2.05) is 69.3 Å². The molecule has 2 atom stereocenters. The summed E-state index contributed by atoms with van der Waals surface area (Å²) in [4.78, 5) is 16.5. The molecule has 152 valence electrons. The van der Waals surface area contributed by atoms with Crippen molar-refractivity contribution in [3.05, 3.63) is 66.0 Å². The third-order valence-corrected chi connectivity index (χ3v) is 4.10. The summed E-state index contributed by atoms with van der Waals surface area (Å²) in [5, 5.41) is 16.7. The second-order valence-electron chi connectivity index (χ2n) is 7.78. The number of amides is 1. The van der Waals surface area contributed by atoms with Crippen molar-refractivity contribution in [3.63, 3.8) is 0 Å². The number of hydrogen-bond acceptors (Lipinski definition) is 5. The Bertz CT molecular complexity index is 702. The number of carbonyl (C=O) groups excluding carboxylic acids is 1. The molecule has 0 spiro atoms. The average Bonchev–Trinajstić information content (AvgIpc) is 2.65. The van der Waals surface area contributed by atoms with Crippen molar-refractivity contribution in [3.8, 4) is 0 Å². The number of aliphatic hydroxyl groups is 1. The molecule has 6 nitrogen and oxygen atoms in total. The fourth-order valence-electron chi connectivity index (χ4n) is 2.76.